The Bertz CT molecular complexity index is 631. The number of nitrogens with zero attached hydrogens (tertiary/aromatic N) is 2. The second kappa shape index (κ2) is 6.08. The Labute approximate surface area is 126 Å². The van der Waals surface area contributed by atoms with Crippen LogP contribution in [0.15, 0.2) is 18.2 Å². The Kier molecular flexibility index (Phi) is 4.40. The van der Waals surface area contributed by atoms with Crippen LogP contribution in [0.4, 0.5) is 11.4 Å². The number of rotatable bonds is 5. The summed E-state index contributed by atoms with van der Waals surface area (Å²) in [4.78, 5) is 0. The minimum atomic E-state index is 0.127. The molecule has 0 spiro atoms. The van der Waals surface area contributed by atoms with Gasteiger partial charge in [0.05, 0.1) is 11.8 Å². The highest BCUT2D eigenvalue weighted by Gasteiger charge is 2.09. The molecule has 0 aliphatic carbocycles. The number of aryl methyl sites for hydroxylation is 2. The molecule has 5 nitrogen and oxygen atoms in total. The average molecular weight is 288 g/mol. The first kappa shape index (κ1) is 15.2. The summed E-state index contributed by atoms with van der Waals surface area (Å²) in [5.41, 5.74) is 11.0. The number of benzene rings is 1. The highest BCUT2D eigenvalue weighted by molar-refractivity contribution is 5.59. The Balaban J connectivity index is 2.14. The van der Waals surface area contributed by atoms with E-state index in [1.807, 2.05) is 50.7 Å². The van der Waals surface area contributed by atoms with Crippen molar-refractivity contribution in [3.05, 3.63) is 35.2 Å². The molecule has 0 aliphatic heterocycles. The molecule has 0 amide bonds. The number of hydrogen-bond acceptors (Lipinski definition) is 4. The normalized spacial score (nSPS) is 11.0. The van der Waals surface area contributed by atoms with Gasteiger partial charge < -0.3 is 15.8 Å². The molecule has 3 N–H and O–H groups in total. The van der Waals surface area contributed by atoms with Crippen LogP contribution in [0.2, 0.25) is 0 Å². The second-order valence-electron chi connectivity index (χ2n) is 5.58. The van der Waals surface area contributed by atoms with Crippen LogP contribution in [0, 0.1) is 13.8 Å². The largest absolute Gasteiger partial charge is 0.491 e. The van der Waals surface area contributed by atoms with Gasteiger partial charge in [-0.25, -0.2) is 0 Å². The molecule has 1 aromatic carbocycles. The predicted octanol–water partition coefficient (Wildman–Crippen LogP) is 3.02. The van der Waals surface area contributed by atoms with Gasteiger partial charge in [0.1, 0.15) is 5.75 Å². The lowest BCUT2D eigenvalue weighted by molar-refractivity contribution is 0.242. The SMILES string of the molecule is Cc1nn(C)c(C)c1CNc1cc(N)cc(OC(C)C)c1. The molecule has 114 valence electrons. The molecule has 0 saturated heterocycles. The van der Waals surface area contributed by atoms with E-state index in [2.05, 4.69) is 17.3 Å². The van der Waals surface area contributed by atoms with Gasteiger partial charge >= 0.3 is 0 Å². The maximum absolute atomic E-state index is 5.93. The van der Waals surface area contributed by atoms with Crippen LogP contribution < -0.4 is 15.8 Å². The second-order valence-corrected chi connectivity index (χ2v) is 5.58. The fourth-order valence-corrected chi connectivity index (χ4v) is 2.33. The van der Waals surface area contributed by atoms with Crippen molar-refractivity contribution < 1.29 is 4.74 Å². The van der Waals surface area contributed by atoms with Gasteiger partial charge in [0.2, 0.25) is 0 Å². The van der Waals surface area contributed by atoms with Crippen molar-refractivity contribution in [3.63, 3.8) is 0 Å². The number of nitrogens with two attached hydrogens (primary N) is 1. The van der Waals surface area contributed by atoms with Crippen LogP contribution in [-0.2, 0) is 13.6 Å². The maximum atomic E-state index is 5.93. The van der Waals surface area contributed by atoms with Crippen molar-refractivity contribution in [2.45, 2.75) is 40.3 Å². The number of nitrogen functional groups attached to an aromatic ring is 1. The van der Waals surface area contributed by atoms with E-state index in [4.69, 9.17) is 10.5 Å². The van der Waals surface area contributed by atoms with Gasteiger partial charge in [-0.15, -0.1) is 0 Å². The first-order chi connectivity index (χ1) is 9.86. The summed E-state index contributed by atoms with van der Waals surface area (Å²) in [6.45, 7) is 8.81. The molecule has 2 aromatic rings. The molecule has 0 saturated carbocycles. The number of ether oxygens (including phenoxy) is 1. The van der Waals surface area contributed by atoms with Gasteiger partial charge in [0, 0.05) is 48.4 Å². The van der Waals surface area contributed by atoms with Gasteiger partial charge in [-0.1, -0.05) is 0 Å². The predicted molar refractivity (Wildman–Crippen MR) is 86.6 cm³/mol. The fraction of sp³-hybridized carbons (Fsp3) is 0.438. The molecule has 21 heavy (non-hydrogen) atoms. The smallest absolute Gasteiger partial charge is 0.123 e. The summed E-state index contributed by atoms with van der Waals surface area (Å²) in [6, 6.07) is 5.72. The van der Waals surface area contributed by atoms with Gasteiger partial charge in [-0.3, -0.25) is 4.68 Å². The summed E-state index contributed by atoms with van der Waals surface area (Å²) >= 11 is 0. The van der Waals surface area contributed by atoms with Gasteiger partial charge in [0.25, 0.3) is 0 Å². The highest BCUT2D eigenvalue weighted by Crippen LogP contribution is 2.24. The molecular formula is C16H24N4O. The van der Waals surface area contributed by atoms with E-state index in [-0.39, 0.29) is 6.10 Å². The van der Waals surface area contributed by atoms with Crippen LogP contribution in [0.25, 0.3) is 0 Å². The van der Waals surface area contributed by atoms with Crippen molar-refractivity contribution in [2.75, 3.05) is 11.1 Å². The third kappa shape index (κ3) is 3.68. The lowest BCUT2D eigenvalue weighted by atomic mass is 10.2. The Morgan fingerprint density at radius 1 is 1.29 bits per heavy atom. The number of nitrogens with one attached hydrogen (secondary N) is 1. The van der Waals surface area contributed by atoms with Crippen LogP contribution in [0.1, 0.15) is 30.8 Å². The Morgan fingerprint density at radius 3 is 2.57 bits per heavy atom. The average Bonchev–Trinajstić information content (AvgIpc) is 2.59. The lowest BCUT2D eigenvalue weighted by Crippen LogP contribution is -2.07. The molecule has 0 bridgehead atoms. The third-order valence-electron chi connectivity index (χ3n) is 3.43. The van der Waals surface area contributed by atoms with Crippen LogP contribution in [-0.4, -0.2) is 15.9 Å². The van der Waals surface area contributed by atoms with Gasteiger partial charge in [0.15, 0.2) is 0 Å². The molecule has 0 radical (unpaired) electrons. The minimum Gasteiger partial charge on any atom is -0.491 e. The standard InChI is InChI=1S/C16H24N4O/c1-10(2)21-15-7-13(17)6-14(8-15)18-9-16-11(3)19-20(5)12(16)4/h6-8,10,18H,9,17H2,1-5H3. The third-order valence-corrected chi connectivity index (χ3v) is 3.43. The summed E-state index contributed by atoms with van der Waals surface area (Å²) in [6.07, 6.45) is 0.127. The van der Waals surface area contributed by atoms with E-state index in [0.717, 1.165) is 23.7 Å². The van der Waals surface area contributed by atoms with E-state index in [1.54, 1.807) is 0 Å². The summed E-state index contributed by atoms with van der Waals surface area (Å²) in [7, 11) is 1.96. The van der Waals surface area contributed by atoms with Crippen LogP contribution >= 0.6 is 0 Å². The highest BCUT2D eigenvalue weighted by atomic mass is 16.5. The van der Waals surface area contributed by atoms with E-state index < -0.39 is 0 Å². The van der Waals surface area contributed by atoms with Crippen molar-refractivity contribution in [2.24, 2.45) is 7.05 Å². The Hall–Kier alpha value is -2.17. The first-order valence-electron chi connectivity index (χ1n) is 7.17. The monoisotopic (exact) mass is 288 g/mol. The van der Waals surface area contributed by atoms with E-state index in [1.165, 1.54) is 11.3 Å². The number of hydrogen-bond donors (Lipinski definition) is 2. The molecule has 0 fully saturated rings. The summed E-state index contributed by atoms with van der Waals surface area (Å²) < 4.78 is 7.60. The first-order valence-corrected chi connectivity index (χ1v) is 7.17. The molecule has 0 aliphatic rings. The molecule has 1 aromatic heterocycles. The number of aromatic nitrogens is 2. The molecule has 1 heterocycles. The van der Waals surface area contributed by atoms with Crippen LogP contribution in [0.5, 0.6) is 5.75 Å². The van der Waals surface area contributed by atoms with Gasteiger partial charge in [-0.2, -0.15) is 5.10 Å². The van der Waals surface area contributed by atoms with Crippen molar-refractivity contribution in [3.8, 4) is 5.75 Å². The minimum absolute atomic E-state index is 0.127. The molecular weight excluding hydrogens is 264 g/mol. The van der Waals surface area contributed by atoms with Crippen molar-refractivity contribution in [1.82, 2.24) is 9.78 Å². The summed E-state index contributed by atoms with van der Waals surface area (Å²) in [5, 5.41) is 7.82. The van der Waals surface area contributed by atoms with Gasteiger partial charge in [-0.05, 0) is 33.8 Å². The fourth-order valence-electron chi connectivity index (χ4n) is 2.33. The molecule has 5 heteroatoms. The van der Waals surface area contributed by atoms with E-state index >= 15 is 0 Å². The summed E-state index contributed by atoms with van der Waals surface area (Å²) in [5.74, 6) is 0.784. The Morgan fingerprint density at radius 2 is 2.00 bits per heavy atom. The van der Waals surface area contributed by atoms with Crippen molar-refractivity contribution >= 4 is 11.4 Å². The topological polar surface area (TPSA) is 65.1 Å². The van der Waals surface area contributed by atoms with E-state index in [0.29, 0.717) is 5.69 Å². The zero-order chi connectivity index (χ0) is 15.6. The van der Waals surface area contributed by atoms with E-state index in [9.17, 15) is 0 Å². The zero-order valence-electron chi connectivity index (χ0n) is 13.4. The molecule has 2 rings (SSSR count). The zero-order valence-corrected chi connectivity index (χ0v) is 13.4. The van der Waals surface area contributed by atoms with Crippen molar-refractivity contribution in [1.29, 1.82) is 0 Å². The number of anilines is 2. The lowest BCUT2D eigenvalue weighted by Gasteiger charge is -2.13. The molecule has 0 unspecified atom stereocenters. The maximum Gasteiger partial charge on any atom is 0.123 e. The quantitative estimate of drug-likeness (QED) is 0.830. The molecule has 0 atom stereocenters. The van der Waals surface area contributed by atoms with Crippen LogP contribution in [0.3, 0.4) is 0 Å².